The van der Waals surface area contributed by atoms with Crippen LogP contribution >= 0.6 is 0 Å². The number of anilines is 1. The van der Waals surface area contributed by atoms with E-state index in [1.54, 1.807) is 24.4 Å². The Bertz CT molecular complexity index is 1650. The van der Waals surface area contributed by atoms with E-state index in [2.05, 4.69) is 15.2 Å². The van der Waals surface area contributed by atoms with Crippen LogP contribution in [0.15, 0.2) is 52.4 Å². The lowest BCUT2D eigenvalue weighted by atomic mass is 10.00. The van der Waals surface area contributed by atoms with E-state index in [-0.39, 0.29) is 36.6 Å². The van der Waals surface area contributed by atoms with Gasteiger partial charge in [-0.25, -0.2) is 0 Å². The number of amides is 2. The van der Waals surface area contributed by atoms with Crippen LogP contribution in [0.25, 0.3) is 0 Å². The maximum Gasteiger partial charge on any atom is 0.261 e. The minimum Gasteiger partial charge on any atom is -0.491 e. The van der Waals surface area contributed by atoms with Crippen molar-refractivity contribution < 1.29 is 19.4 Å². The molecule has 2 amide bonds. The standard InChI is InChI=1S/C32H35N5O5/c1-18-4-5-28(19(2)12-18)42-17-22(38)16-34-25-6-9-33-30(39)29(25)27-14-20-13-23-24(15-26(20)35-27)32(41)37(31(23)40)21-7-10-36(3)11-8-21/h4-6,9,12-13,15,21-22,38H,7-8,10-11,14,16-17H2,1-3H3,(H2,33,34,39)/t22-/m1/s1. The summed E-state index contributed by atoms with van der Waals surface area (Å²) in [5.74, 6) is 0.193. The average molecular weight is 570 g/mol. The Morgan fingerprint density at radius 3 is 2.55 bits per heavy atom. The predicted octanol–water partition coefficient (Wildman–Crippen LogP) is 3.21. The van der Waals surface area contributed by atoms with Gasteiger partial charge in [0.15, 0.2) is 0 Å². The fourth-order valence-corrected chi connectivity index (χ4v) is 6.03. The number of imide groups is 1. The number of aliphatic hydroxyl groups excluding tert-OH is 1. The molecule has 3 aliphatic rings. The van der Waals surface area contributed by atoms with Gasteiger partial charge >= 0.3 is 0 Å². The number of H-pyrrole nitrogens is 1. The number of aromatic nitrogens is 1. The van der Waals surface area contributed by atoms with Crippen LogP contribution in [0.2, 0.25) is 0 Å². The van der Waals surface area contributed by atoms with Gasteiger partial charge in [0.2, 0.25) is 0 Å². The molecule has 6 rings (SSSR count). The second kappa shape index (κ2) is 11.2. The van der Waals surface area contributed by atoms with Crippen LogP contribution in [0.3, 0.4) is 0 Å². The summed E-state index contributed by atoms with van der Waals surface area (Å²) in [4.78, 5) is 50.7. The molecular formula is C32H35N5O5. The van der Waals surface area contributed by atoms with Crippen molar-refractivity contribution in [1.29, 1.82) is 0 Å². The van der Waals surface area contributed by atoms with Gasteiger partial charge in [-0.15, -0.1) is 0 Å². The number of benzene rings is 2. The zero-order valence-corrected chi connectivity index (χ0v) is 24.1. The Labute approximate surface area is 244 Å². The lowest BCUT2D eigenvalue weighted by Crippen LogP contribution is -2.46. The average Bonchev–Trinajstić information content (AvgIpc) is 3.48. The van der Waals surface area contributed by atoms with Crippen LogP contribution in [0, 0.1) is 13.8 Å². The van der Waals surface area contributed by atoms with Crippen molar-refractivity contribution in [3.8, 4) is 5.75 Å². The Morgan fingerprint density at radius 2 is 1.81 bits per heavy atom. The normalized spacial score (nSPS) is 17.7. The minimum atomic E-state index is -0.826. The molecule has 10 nitrogen and oxygen atoms in total. The summed E-state index contributed by atoms with van der Waals surface area (Å²) >= 11 is 0. The molecule has 0 aliphatic carbocycles. The summed E-state index contributed by atoms with van der Waals surface area (Å²) in [5.41, 5.74) is 5.40. The van der Waals surface area contributed by atoms with Gasteiger partial charge in [-0.1, -0.05) is 17.7 Å². The Balaban J connectivity index is 1.17. The van der Waals surface area contributed by atoms with E-state index in [0.29, 0.717) is 45.9 Å². The number of aryl methyl sites for hydroxylation is 2. The molecule has 0 saturated carbocycles. The van der Waals surface area contributed by atoms with Gasteiger partial charge in [-0.05, 0) is 82.2 Å². The molecule has 1 aromatic heterocycles. The molecular weight excluding hydrogens is 534 g/mol. The number of ether oxygens (including phenoxy) is 1. The lowest BCUT2D eigenvalue weighted by Gasteiger charge is -2.33. The molecule has 0 radical (unpaired) electrons. The maximum absolute atomic E-state index is 13.3. The summed E-state index contributed by atoms with van der Waals surface area (Å²) < 4.78 is 5.80. The van der Waals surface area contributed by atoms with Crippen molar-refractivity contribution in [2.24, 2.45) is 4.99 Å². The third-order valence-corrected chi connectivity index (χ3v) is 8.32. The quantitative estimate of drug-likeness (QED) is 0.356. The van der Waals surface area contributed by atoms with Crippen molar-refractivity contribution in [2.75, 3.05) is 38.6 Å². The van der Waals surface area contributed by atoms with E-state index < -0.39 is 6.10 Å². The number of hydrogen-bond acceptors (Lipinski definition) is 8. The third-order valence-electron chi connectivity index (χ3n) is 8.32. The van der Waals surface area contributed by atoms with Crippen LogP contribution < -0.4 is 15.6 Å². The molecule has 2 aromatic carbocycles. The number of aromatic amines is 1. The van der Waals surface area contributed by atoms with Crippen LogP contribution in [-0.2, 0) is 6.42 Å². The van der Waals surface area contributed by atoms with Gasteiger partial charge in [0.05, 0.1) is 33.8 Å². The van der Waals surface area contributed by atoms with E-state index in [4.69, 9.17) is 9.73 Å². The van der Waals surface area contributed by atoms with E-state index in [0.717, 1.165) is 42.6 Å². The van der Waals surface area contributed by atoms with Crippen LogP contribution in [-0.4, -0.2) is 82.9 Å². The fraction of sp³-hybridized carbons (Fsp3) is 0.375. The first-order valence-electron chi connectivity index (χ1n) is 14.3. The van der Waals surface area contributed by atoms with Gasteiger partial charge < -0.3 is 25.0 Å². The van der Waals surface area contributed by atoms with E-state index in [1.807, 2.05) is 39.1 Å². The molecule has 3 aliphatic heterocycles. The number of fused-ring (bicyclic) bond motifs is 2. The van der Waals surface area contributed by atoms with Gasteiger partial charge in [-0.3, -0.25) is 24.3 Å². The first kappa shape index (κ1) is 27.9. The Morgan fingerprint density at radius 1 is 1.07 bits per heavy atom. The molecule has 3 N–H and O–H groups in total. The predicted molar refractivity (Wildman–Crippen MR) is 160 cm³/mol. The second-order valence-electron chi connectivity index (χ2n) is 11.5. The number of pyridine rings is 1. The van der Waals surface area contributed by atoms with Crippen molar-refractivity contribution >= 4 is 28.9 Å². The summed E-state index contributed by atoms with van der Waals surface area (Å²) in [5, 5.41) is 13.8. The van der Waals surface area contributed by atoms with Crippen LogP contribution in [0.1, 0.15) is 55.8 Å². The molecule has 3 aromatic rings. The lowest BCUT2D eigenvalue weighted by molar-refractivity contribution is 0.0516. The molecule has 42 heavy (non-hydrogen) atoms. The second-order valence-corrected chi connectivity index (χ2v) is 11.5. The highest BCUT2D eigenvalue weighted by atomic mass is 16.5. The smallest absolute Gasteiger partial charge is 0.261 e. The van der Waals surface area contributed by atoms with Crippen LogP contribution in [0.5, 0.6) is 5.75 Å². The number of nitrogens with one attached hydrogen (secondary N) is 2. The van der Waals surface area contributed by atoms with Crippen molar-refractivity contribution in [1.82, 2.24) is 14.8 Å². The summed E-state index contributed by atoms with van der Waals surface area (Å²) in [6, 6.07) is 10.9. The maximum atomic E-state index is 13.3. The van der Waals surface area contributed by atoms with Gasteiger partial charge in [0.25, 0.3) is 17.4 Å². The molecule has 0 bridgehead atoms. The number of carbonyl (C=O) groups excluding carboxylic acids is 2. The van der Waals surface area contributed by atoms with E-state index in [1.165, 1.54) is 4.90 Å². The first-order chi connectivity index (χ1) is 20.2. The first-order valence-corrected chi connectivity index (χ1v) is 14.3. The highest BCUT2D eigenvalue weighted by molar-refractivity contribution is 6.22. The molecule has 0 spiro atoms. The molecule has 1 atom stereocenters. The number of piperidine rings is 1. The number of carbonyl (C=O) groups is 2. The van der Waals surface area contributed by atoms with E-state index >= 15 is 0 Å². The van der Waals surface area contributed by atoms with Crippen molar-refractivity contribution in [3.63, 3.8) is 0 Å². The Kier molecular flexibility index (Phi) is 7.42. The highest BCUT2D eigenvalue weighted by Crippen LogP contribution is 2.37. The van der Waals surface area contributed by atoms with Crippen molar-refractivity contribution in [2.45, 2.75) is 45.3 Å². The number of aliphatic imine (C=N–C) groups is 1. The Hall–Kier alpha value is -4.28. The molecule has 10 heteroatoms. The topological polar surface area (TPSA) is 127 Å². The van der Waals surface area contributed by atoms with Crippen LogP contribution in [0.4, 0.5) is 11.4 Å². The number of aliphatic hydroxyl groups is 1. The summed E-state index contributed by atoms with van der Waals surface area (Å²) in [6.07, 6.45) is 2.59. The zero-order chi connectivity index (χ0) is 29.5. The van der Waals surface area contributed by atoms with Gasteiger partial charge in [0, 0.05) is 25.2 Å². The molecule has 218 valence electrons. The SMILES string of the molecule is Cc1ccc(OC[C@H](O)CNc2cc[nH]c(=O)c2C2=Nc3cc4c(cc3C2)C(=O)N(C2CCN(C)CC2)C4=O)c(C)c1. The molecule has 0 unspecified atom stereocenters. The fourth-order valence-electron chi connectivity index (χ4n) is 6.03. The van der Waals surface area contributed by atoms with Crippen molar-refractivity contribution in [3.05, 3.63) is 86.3 Å². The summed E-state index contributed by atoms with van der Waals surface area (Å²) in [7, 11) is 2.04. The van der Waals surface area contributed by atoms with E-state index in [9.17, 15) is 19.5 Å². The number of likely N-dealkylation sites (tertiary alicyclic amines) is 1. The minimum absolute atomic E-state index is 0.0873. The third kappa shape index (κ3) is 5.23. The molecule has 1 saturated heterocycles. The number of hydrogen-bond donors (Lipinski definition) is 3. The molecule has 4 heterocycles. The highest BCUT2D eigenvalue weighted by Gasteiger charge is 2.42. The number of nitrogens with zero attached hydrogens (tertiary/aromatic N) is 3. The zero-order valence-electron chi connectivity index (χ0n) is 24.1. The largest absolute Gasteiger partial charge is 0.491 e. The monoisotopic (exact) mass is 569 g/mol. The van der Waals surface area contributed by atoms with Gasteiger partial charge in [0.1, 0.15) is 18.5 Å². The number of rotatable bonds is 8. The molecule has 1 fully saturated rings. The summed E-state index contributed by atoms with van der Waals surface area (Å²) in [6.45, 7) is 5.91. The van der Waals surface area contributed by atoms with Gasteiger partial charge in [-0.2, -0.15) is 0 Å².